The zero-order valence-electron chi connectivity index (χ0n) is 11.6. The average molecular weight is 281 g/mol. The molecule has 1 heterocycles. The molecule has 4 heteroatoms. The van der Waals surface area contributed by atoms with E-state index in [0.717, 1.165) is 5.56 Å². The molecule has 0 fully saturated rings. The molecule has 21 heavy (non-hydrogen) atoms. The highest BCUT2D eigenvalue weighted by molar-refractivity contribution is 5.84. The Bertz CT molecular complexity index is 835. The maximum atomic E-state index is 12.4. The number of anilines is 1. The number of hydrogen-bond acceptors (Lipinski definition) is 4. The molecule has 2 aromatic carbocycles. The second-order valence-corrected chi connectivity index (χ2v) is 4.66. The first kappa shape index (κ1) is 13.2. The fraction of sp³-hybridized carbons (Fsp3) is 0.118. The van der Waals surface area contributed by atoms with E-state index in [0.29, 0.717) is 34.8 Å². The summed E-state index contributed by atoms with van der Waals surface area (Å²) >= 11 is 0. The van der Waals surface area contributed by atoms with E-state index in [1.807, 2.05) is 25.1 Å². The molecule has 0 amide bonds. The van der Waals surface area contributed by atoms with Crippen molar-refractivity contribution in [2.45, 2.75) is 6.92 Å². The Labute approximate surface area is 121 Å². The maximum absolute atomic E-state index is 12.4. The number of rotatable bonds is 3. The summed E-state index contributed by atoms with van der Waals surface area (Å²) in [5.41, 5.74) is 7.54. The number of nitrogen functional groups attached to an aromatic ring is 1. The van der Waals surface area contributed by atoms with Crippen molar-refractivity contribution < 1.29 is 9.15 Å². The van der Waals surface area contributed by atoms with Crippen molar-refractivity contribution in [3.63, 3.8) is 0 Å². The number of hydrogen-bond donors (Lipinski definition) is 1. The van der Waals surface area contributed by atoms with Crippen LogP contribution in [0.3, 0.4) is 0 Å². The monoisotopic (exact) mass is 281 g/mol. The molecule has 3 rings (SSSR count). The van der Waals surface area contributed by atoms with Crippen LogP contribution in [0.15, 0.2) is 57.7 Å². The smallest absolute Gasteiger partial charge is 0.197 e. The van der Waals surface area contributed by atoms with Gasteiger partial charge in [0.1, 0.15) is 22.5 Å². The summed E-state index contributed by atoms with van der Waals surface area (Å²) in [5.74, 6) is 1.06. The second-order valence-electron chi connectivity index (χ2n) is 4.66. The van der Waals surface area contributed by atoms with Gasteiger partial charge in [0.25, 0.3) is 0 Å². The molecule has 0 atom stereocenters. The van der Waals surface area contributed by atoms with Gasteiger partial charge in [0.15, 0.2) is 5.43 Å². The maximum Gasteiger partial charge on any atom is 0.197 e. The molecular weight excluding hydrogens is 266 g/mol. The Morgan fingerprint density at radius 3 is 2.62 bits per heavy atom. The Kier molecular flexibility index (Phi) is 3.36. The lowest BCUT2D eigenvalue weighted by molar-refractivity contribution is 0.344. The number of nitrogens with two attached hydrogens (primary N) is 1. The lowest BCUT2D eigenvalue weighted by atomic mass is 10.1. The lowest BCUT2D eigenvalue weighted by Gasteiger charge is -2.08. The number of benzene rings is 2. The molecule has 106 valence electrons. The third-order valence-corrected chi connectivity index (χ3v) is 3.21. The van der Waals surface area contributed by atoms with E-state index < -0.39 is 0 Å². The minimum absolute atomic E-state index is 0.118. The Morgan fingerprint density at radius 1 is 1.14 bits per heavy atom. The van der Waals surface area contributed by atoms with Gasteiger partial charge >= 0.3 is 0 Å². The summed E-state index contributed by atoms with van der Waals surface area (Å²) in [6.45, 7) is 2.38. The number of fused-ring (bicyclic) bond motifs is 1. The zero-order valence-corrected chi connectivity index (χ0v) is 11.6. The zero-order chi connectivity index (χ0) is 14.8. The van der Waals surface area contributed by atoms with Crippen molar-refractivity contribution in [1.82, 2.24) is 0 Å². The average Bonchev–Trinajstić information content (AvgIpc) is 2.48. The van der Waals surface area contributed by atoms with Crippen LogP contribution in [0.1, 0.15) is 6.92 Å². The number of ether oxygens (including phenoxy) is 1. The molecule has 0 bridgehead atoms. The summed E-state index contributed by atoms with van der Waals surface area (Å²) in [6.07, 6.45) is 0. The van der Waals surface area contributed by atoms with E-state index >= 15 is 0 Å². The fourth-order valence-corrected chi connectivity index (χ4v) is 2.24. The van der Waals surface area contributed by atoms with Crippen LogP contribution >= 0.6 is 0 Å². The summed E-state index contributed by atoms with van der Waals surface area (Å²) in [4.78, 5) is 12.4. The molecule has 0 radical (unpaired) electrons. The van der Waals surface area contributed by atoms with Gasteiger partial charge in [0.05, 0.1) is 6.61 Å². The molecule has 1 aromatic heterocycles. The van der Waals surface area contributed by atoms with Gasteiger partial charge in [0.2, 0.25) is 0 Å². The first-order valence-electron chi connectivity index (χ1n) is 6.74. The largest absolute Gasteiger partial charge is 0.493 e. The van der Waals surface area contributed by atoms with Crippen molar-refractivity contribution in [3.8, 4) is 17.1 Å². The standard InChI is InChI=1S/C17H15NO3/c1-2-20-14-4-3-5-15-17(14)13(19)10-16(21-15)11-6-8-12(18)9-7-11/h3-10H,2,18H2,1H3. The van der Waals surface area contributed by atoms with Crippen LogP contribution < -0.4 is 15.9 Å². The molecule has 2 N–H and O–H groups in total. The topological polar surface area (TPSA) is 65.5 Å². The third-order valence-electron chi connectivity index (χ3n) is 3.21. The summed E-state index contributed by atoms with van der Waals surface area (Å²) in [5, 5.41) is 0.471. The normalized spacial score (nSPS) is 10.7. The lowest BCUT2D eigenvalue weighted by Crippen LogP contribution is -2.04. The Morgan fingerprint density at radius 2 is 1.90 bits per heavy atom. The van der Waals surface area contributed by atoms with E-state index in [2.05, 4.69) is 0 Å². The van der Waals surface area contributed by atoms with Crippen LogP contribution in [0.4, 0.5) is 5.69 Å². The third kappa shape index (κ3) is 2.48. The van der Waals surface area contributed by atoms with Crippen molar-refractivity contribution in [1.29, 1.82) is 0 Å². The van der Waals surface area contributed by atoms with Crippen LogP contribution in [0.2, 0.25) is 0 Å². The molecule has 0 spiro atoms. The van der Waals surface area contributed by atoms with Gasteiger partial charge in [-0.25, -0.2) is 0 Å². The van der Waals surface area contributed by atoms with Crippen LogP contribution in [0, 0.1) is 0 Å². The van der Waals surface area contributed by atoms with Crippen molar-refractivity contribution in [3.05, 3.63) is 58.8 Å². The summed E-state index contributed by atoms with van der Waals surface area (Å²) in [6, 6.07) is 14.0. The van der Waals surface area contributed by atoms with Gasteiger partial charge in [-0.3, -0.25) is 4.79 Å². The Hall–Kier alpha value is -2.75. The summed E-state index contributed by atoms with van der Waals surface area (Å²) < 4.78 is 11.3. The van der Waals surface area contributed by atoms with E-state index in [9.17, 15) is 4.79 Å². The second kappa shape index (κ2) is 5.32. The fourth-order valence-electron chi connectivity index (χ4n) is 2.24. The van der Waals surface area contributed by atoms with Crippen molar-refractivity contribution in [2.24, 2.45) is 0 Å². The van der Waals surface area contributed by atoms with Gasteiger partial charge in [-0.1, -0.05) is 6.07 Å². The molecule has 0 aliphatic carbocycles. The molecule has 0 unspecified atom stereocenters. The quantitative estimate of drug-likeness (QED) is 0.747. The van der Waals surface area contributed by atoms with E-state index in [1.54, 1.807) is 24.3 Å². The van der Waals surface area contributed by atoms with Gasteiger partial charge in [-0.2, -0.15) is 0 Å². The Balaban J connectivity index is 2.20. The minimum atomic E-state index is -0.118. The van der Waals surface area contributed by atoms with Gasteiger partial charge in [-0.15, -0.1) is 0 Å². The van der Waals surface area contributed by atoms with Gasteiger partial charge in [0, 0.05) is 17.3 Å². The van der Waals surface area contributed by atoms with Crippen LogP contribution in [0.5, 0.6) is 5.75 Å². The summed E-state index contributed by atoms with van der Waals surface area (Å²) in [7, 11) is 0. The first-order chi connectivity index (χ1) is 10.2. The highest BCUT2D eigenvalue weighted by Crippen LogP contribution is 2.27. The molecule has 0 aliphatic rings. The molecule has 3 aromatic rings. The molecule has 0 aliphatic heterocycles. The minimum Gasteiger partial charge on any atom is -0.493 e. The van der Waals surface area contributed by atoms with Crippen LogP contribution in [-0.2, 0) is 0 Å². The van der Waals surface area contributed by atoms with E-state index in [1.165, 1.54) is 6.07 Å². The first-order valence-corrected chi connectivity index (χ1v) is 6.74. The highest BCUT2D eigenvalue weighted by atomic mass is 16.5. The van der Waals surface area contributed by atoms with E-state index in [-0.39, 0.29) is 5.43 Å². The van der Waals surface area contributed by atoms with Crippen molar-refractivity contribution in [2.75, 3.05) is 12.3 Å². The van der Waals surface area contributed by atoms with Gasteiger partial charge in [-0.05, 0) is 43.3 Å². The molecule has 0 saturated heterocycles. The predicted molar refractivity (Wildman–Crippen MR) is 83.5 cm³/mol. The highest BCUT2D eigenvalue weighted by Gasteiger charge is 2.11. The van der Waals surface area contributed by atoms with E-state index in [4.69, 9.17) is 14.9 Å². The SMILES string of the molecule is CCOc1cccc2oc(-c3ccc(N)cc3)cc(=O)c12. The van der Waals surface area contributed by atoms with Crippen LogP contribution in [-0.4, -0.2) is 6.61 Å². The van der Waals surface area contributed by atoms with Crippen molar-refractivity contribution >= 4 is 16.7 Å². The molecule has 0 saturated carbocycles. The molecular formula is C17H15NO3. The van der Waals surface area contributed by atoms with Crippen LogP contribution in [0.25, 0.3) is 22.3 Å². The molecule has 4 nitrogen and oxygen atoms in total. The predicted octanol–water partition coefficient (Wildman–Crippen LogP) is 3.44. The van der Waals surface area contributed by atoms with Gasteiger partial charge < -0.3 is 14.9 Å².